The molecule has 3 nitrogen and oxygen atoms in total. The summed E-state index contributed by atoms with van der Waals surface area (Å²) in [5.41, 5.74) is 1.84. The zero-order valence-electron chi connectivity index (χ0n) is 10.1. The molecule has 1 aromatic heterocycles. The molecule has 1 N–H and O–H groups in total. The largest absolute Gasteiger partial charge is 0.478 e. The third-order valence-corrected chi connectivity index (χ3v) is 3.05. The lowest BCUT2D eigenvalue weighted by Crippen LogP contribution is -1.97. The summed E-state index contributed by atoms with van der Waals surface area (Å²) in [5.74, 6) is -0.940. The monoisotopic (exact) mass is 249 g/mol. The normalized spacial score (nSPS) is 10.5. The Morgan fingerprint density at radius 2 is 1.74 bits per heavy atom. The van der Waals surface area contributed by atoms with Crippen LogP contribution in [0.15, 0.2) is 60.8 Å². The Bertz CT molecular complexity index is 765. The van der Waals surface area contributed by atoms with E-state index in [1.54, 1.807) is 6.07 Å². The van der Waals surface area contributed by atoms with Crippen LogP contribution in [0.1, 0.15) is 10.4 Å². The van der Waals surface area contributed by atoms with Crippen molar-refractivity contribution in [1.29, 1.82) is 0 Å². The summed E-state index contributed by atoms with van der Waals surface area (Å²) < 4.78 is 0. The van der Waals surface area contributed by atoms with Gasteiger partial charge in [-0.2, -0.15) is 0 Å². The van der Waals surface area contributed by atoms with Crippen molar-refractivity contribution in [2.24, 2.45) is 0 Å². The van der Waals surface area contributed by atoms with Gasteiger partial charge in [-0.05, 0) is 29.0 Å². The van der Waals surface area contributed by atoms with E-state index in [1.807, 2.05) is 42.5 Å². The first kappa shape index (κ1) is 11.4. The average molecular weight is 249 g/mol. The van der Waals surface area contributed by atoms with Gasteiger partial charge in [0, 0.05) is 11.8 Å². The molecule has 19 heavy (non-hydrogen) atoms. The molecule has 0 atom stereocenters. The number of fused-ring (bicyclic) bond motifs is 1. The minimum atomic E-state index is -0.940. The van der Waals surface area contributed by atoms with Crippen LogP contribution in [0.5, 0.6) is 0 Å². The van der Waals surface area contributed by atoms with Crippen molar-refractivity contribution >= 4 is 16.7 Å². The first-order chi connectivity index (χ1) is 9.24. The van der Waals surface area contributed by atoms with Crippen LogP contribution in [0.3, 0.4) is 0 Å². The molecule has 3 aromatic rings. The van der Waals surface area contributed by atoms with Crippen molar-refractivity contribution in [3.05, 3.63) is 66.4 Å². The molecule has 0 aliphatic rings. The Kier molecular flexibility index (Phi) is 2.72. The molecule has 0 radical (unpaired) electrons. The molecule has 0 aliphatic carbocycles. The van der Waals surface area contributed by atoms with Gasteiger partial charge in [-0.1, -0.05) is 36.4 Å². The number of pyridine rings is 1. The Morgan fingerprint density at radius 1 is 0.947 bits per heavy atom. The van der Waals surface area contributed by atoms with Crippen molar-refractivity contribution in [3.8, 4) is 11.3 Å². The third kappa shape index (κ3) is 2.18. The van der Waals surface area contributed by atoms with E-state index in [4.69, 9.17) is 5.11 Å². The molecular formula is C16H11NO2. The van der Waals surface area contributed by atoms with Crippen molar-refractivity contribution in [2.75, 3.05) is 0 Å². The molecule has 0 unspecified atom stereocenters. The van der Waals surface area contributed by atoms with Crippen LogP contribution in [0, 0.1) is 0 Å². The highest BCUT2D eigenvalue weighted by Crippen LogP contribution is 2.23. The maximum absolute atomic E-state index is 11.0. The van der Waals surface area contributed by atoms with Gasteiger partial charge in [0.25, 0.3) is 0 Å². The molecule has 0 bridgehead atoms. The highest BCUT2D eigenvalue weighted by Gasteiger charge is 2.06. The third-order valence-electron chi connectivity index (χ3n) is 3.05. The van der Waals surface area contributed by atoms with Crippen molar-refractivity contribution < 1.29 is 9.90 Å². The van der Waals surface area contributed by atoms with Gasteiger partial charge in [-0.3, -0.25) is 4.98 Å². The Labute approximate surface area is 110 Å². The maximum Gasteiger partial charge on any atom is 0.335 e. The van der Waals surface area contributed by atoms with E-state index in [0.29, 0.717) is 5.69 Å². The topological polar surface area (TPSA) is 50.2 Å². The summed E-state index contributed by atoms with van der Waals surface area (Å²) >= 11 is 0. The van der Waals surface area contributed by atoms with Crippen LogP contribution in [0.25, 0.3) is 22.0 Å². The van der Waals surface area contributed by atoms with Gasteiger partial charge >= 0.3 is 5.97 Å². The van der Waals surface area contributed by atoms with E-state index in [1.165, 1.54) is 12.3 Å². The summed E-state index contributed by atoms with van der Waals surface area (Å²) in [5, 5.41) is 11.3. The number of aromatic nitrogens is 1. The molecule has 0 aliphatic heterocycles. The number of rotatable bonds is 2. The van der Waals surface area contributed by atoms with E-state index < -0.39 is 5.97 Å². The van der Waals surface area contributed by atoms with Gasteiger partial charge in [0.05, 0.1) is 11.3 Å². The second kappa shape index (κ2) is 4.53. The fourth-order valence-corrected chi connectivity index (χ4v) is 2.07. The van der Waals surface area contributed by atoms with E-state index >= 15 is 0 Å². The fourth-order valence-electron chi connectivity index (χ4n) is 2.07. The highest BCUT2D eigenvalue weighted by atomic mass is 16.4. The van der Waals surface area contributed by atoms with Gasteiger partial charge in [0.2, 0.25) is 0 Å². The second-order valence-corrected chi connectivity index (χ2v) is 4.30. The number of benzene rings is 2. The van der Waals surface area contributed by atoms with Crippen LogP contribution in [0.2, 0.25) is 0 Å². The van der Waals surface area contributed by atoms with E-state index in [2.05, 4.69) is 4.98 Å². The van der Waals surface area contributed by atoms with E-state index in [0.717, 1.165) is 16.3 Å². The van der Waals surface area contributed by atoms with Crippen molar-refractivity contribution in [1.82, 2.24) is 4.98 Å². The zero-order chi connectivity index (χ0) is 13.2. The predicted molar refractivity (Wildman–Crippen MR) is 74.1 cm³/mol. The molecule has 3 heteroatoms. The van der Waals surface area contributed by atoms with Gasteiger partial charge in [-0.15, -0.1) is 0 Å². The average Bonchev–Trinajstić information content (AvgIpc) is 2.47. The zero-order valence-corrected chi connectivity index (χ0v) is 10.1. The summed E-state index contributed by atoms with van der Waals surface area (Å²) in [6.45, 7) is 0. The molecule has 0 saturated heterocycles. The number of nitrogens with zero attached hydrogens (tertiary/aromatic N) is 1. The molecule has 1 heterocycles. The van der Waals surface area contributed by atoms with Crippen molar-refractivity contribution in [3.63, 3.8) is 0 Å². The Balaban J connectivity index is 2.13. The molecule has 2 aromatic carbocycles. The van der Waals surface area contributed by atoms with Crippen LogP contribution in [0.4, 0.5) is 0 Å². The first-order valence-corrected chi connectivity index (χ1v) is 5.92. The van der Waals surface area contributed by atoms with Gasteiger partial charge in [0.1, 0.15) is 0 Å². The van der Waals surface area contributed by atoms with Crippen LogP contribution < -0.4 is 0 Å². The predicted octanol–water partition coefficient (Wildman–Crippen LogP) is 3.60. The second-order valence-electron chi connectivity index (χ2n) is 4.30. The highest BCUT2D eigenvalue weighted by molar-refractivity contribution is 5.90. The maximum atomic E-state index is 11.0. The Hall–Kier alpha value is -2.68. The molecule has 0 fully saturated rings. The lowest BCUT2D eigenvalue weighted by Gasteiger charge is -2.04. The lowest BCUT2D eigenvalue weighted by atomic mass is 10.0. The number of carboxylic acid groups (broad SMARTS) is 1. The Morgan fingerprint density at radius 3 is 2.53 bits per heavy atom. The van der Waals surface area contributed by atoms with Crippen LogP contribution in [-0.4, -0.2) is 16.1 Å². The molecule has 0 spiro atoms. The van der Waals surface area contributed by atoms with E-state index in [9.17, 15) is 4.79 Å². The molecule has 3 rings (SSSR count). The summed E-state index contributed by atoms with van der Waals surface area (Å²) in [4.78, 5) is 15.2. The standard InChI is InChI=1S/C16H11NO2/c18-16(19)14-7-8-17-15(10-14)13-6-5-11-3-1-2-4-12(11)9-13/h1-10H,(H,18,19). The number of aromatic carboxylic acids is 1. The summed E-state index contributed by atoms with van der Waals surface area (Å²) in [7, 11) is 0. The smallest absolute Gasteiger partial charge is 0.335 e. The number of hydrogen-bond donors (Lipinski definition) is 1. The fraction of sp³-hybridized carbons (Fsp3) is 0. The number of carboxylic acids is 1. The van der Waals surface area contributed by atoms with Crippen molar-refractivity contribution in [2.45, 2.75) is 0 Å². The first-order valence-electron chi connectivity index (χ1n) is 5.92. The summed E-state index contributed by atoms with van der Waals surface area (Å²) in [6, 6.07) is 17.1. The SMILES string of the molecule is O=C(O)c1ccnc(-c2ccc3ccccc3c2)c1. The number of carbonyl (C=O) groups is 1. The quantitative estimate of drug-likeness (QED) is 0.754. The number of hydrogen-bond acceptors (Lipinski definition) is 2. The van der Waals surface area contributed by atoms with Crippen LogP contribution in [-0.2, 0) is 0 Å². The molecular weight excluding hydrogens is 238 g/mol. The van der Waals surface area contributed by atoms with Gasteiger partial charge < -0.3 is 5.11 Å². The molecule has 0 amide bonds. The van der Waals surface area contributed by atoms with Crippen LogP contribution >= 0.6 is 0 Å². The minimum Gasteiger partial charge on any atom is -0.478 e. The van der Waals surface area contributed by atoms with Gasteiger partial charge in [0.15, 0.2) is 0 Å². The molecule has 92 valence electrons. The van der Waals surface area contributed by atoms with Gasteiger partial charge in [-0.25, -0.2) is 4.79 Å². The summed E-state index contributed by atoms with van der Waals surface area (Å²) in [6.07, 6.45) is 1.52. The minimum absolute atomic E-state index is 0.248. The lowest BCUT2D eigenvalue weighted by molar-refractivity contribution is 0.0697. The molecule has 0 saturated carbocycles. The van der Waals surface area contributed by atoms with E-state index in [-0.39, 0.29) is 5.56 Å².